The van der Waals surface area contributed by atoms with E-state index in [1.54, 1.807) is 0 Å². The minimum absolute atomic E-state index is 0.00923. The first kappa shape index (κ1) is 14.0. The van der Waals surface area contributed by atoms with Gasteiger partial charge in [-0.25, -0.2) is 0 Å². The Morgan fingerprint density at radius 2 is 2.06 bits per heavy atom. The molecule has 1 aromatic carbocycles. The van der Waals surface area contributed by atoms with Gasteiger partial charge in [0, 0.05) is 5.56 Å². The normalized spacial score (nSPS) is 10.9. The zero-order chi connectivity index (χ0) is 13.9. The van der Waals surface area contributed by atoms with Crippen molar-refractivity contribution >= 4 is 5.78 Å². The van der Waals surface area contributed by atoms with E-state index in [0.29, 0.717) is 0 Å². The van der Waals surface area contributed by atoms with Crippen molar-refractivity contribution in [3.05, 3.63) is 28.8 Å². The Morgan fingerprint density at radius 1 is 1.44 bits per heavy atom. The summed E-state index contributed by atoms with van der Waals surface area (Å²) < 4.78 is 43.4. The second-order valence-corrected chi connectivity index (χ2v) is 3.50. The van der Waals surface area contributed by atoms with Crippen LogP contribution in [-0.2, 0) is 6.18 Å². The molecule has 0 fully saturated rings. The van der Waals surface area contributed by atoms with E-state index in [0.717, 1.165) is 12.1 Å². The number of benzene rings is 1. The molecule has 0 saturated heterocycles. The fourth-order valence-corrected chi connectivity index (χ4v) is 1.47. The van der Waals surface area contributed by atoms with Crippen molar-refractivity contribution in [2.24, 2.45) is 0 Å². The monoisotopic (exact) mass is 257 g/mol. The molecule has 0 atom stereocenters. The van der Waals surface area contributed by atoms with Crippen molar-refractivity contribution in [1.29, 1.82) is 5.26 Å². The zero-order valence-electron chi connectivity index (χ0n) is 9.76. The van der Waals surface area contributed by atoms with Gasteiger partial charge in [0.1, 0.15) is 11.3 Å². The molecule has 0 aliphatic heterocycles. The van der Waals surface area contributed by atoms with Crippen LogP contribution in [0.1, 0.15) is 35.3 Å². The molecule has 96 valence electrons. The molecule has 0 saturated carbocycles. The van der Waals surface area contributed by atoms with Gasteiger partial charge < -0.3 is 4.74 Å². The van der Waals surface area contributed by atoms with Gasteiger partial charge in [-0.2, -0.15) is 18.4 Å². The average molecular weight is 257 g/mol. The summed E-state index contributed by atoms with van der Waals surface area (Å²) in [6, 6.07) is 3.38. The fraction of sp³-hybridized carbons (Fsp3) is 0.333. The van der Waals surface area contributed by atoms with Crippen LogP contribution in [0.25, 0.3) is 0 Å². The maximum absolute atomic E-state index is 12.8. The van der Waals surface area contributed by atoms with E-state index in [-0.39, 0.29) is 12.2 Å². The summed E-state index contributed by atoms with van der Waals surface area (Å²) >= 11 is 0. The van der Waals surface area contributed by atoms with Gasteiger partial charge in [0.2, 0.25) is 0 Å². The molecule has 0 amide bonds. The number of Topliss-reactive ketones (excluding diaryl/α,β-unsaturated/α-hetero) is 1. The minimum atomic E-state index is -4.70. The van der Waals surface area contributed by atoms with Crippen LogP contribution in [0.4, 0.5) is 13.2 Å². The molecule has 1 rings (SSSR count). The number of rotatable bonds is 3. The average Bonchev–Trinajstić information content (AvgIpc) is 2.26. The molecule has 0 bridgehead atoms. The third-order valence-electron chi connectivity index (χ3n) is 2.21. The number of nitriles is 1. The lowest BCUT2D eigenvalue weighted by atomic mass is 10.0. The first-order valence-electron chi connectivity index (χ1n) is 5.10. The molecule has 0 spiro atoms. The number of hydrogen-bond acceptors (Lipinski definition) is 3. The van der Waals surface area contributed by atoms with Crippen molar-refractivity contribution in [3.8, 4) is 11.8 Å². The van der Waals surface area contributed by atoms with Crippen LogP contribution < -0.4 is 4.74 Å². The molecular weight excluding hydrogens is 247 g/mol. The lowest BCUT2D eigenvalue weighted by molar-refractivity contribution is -0.139. The highest BCUT2D eigenvalue weighted by Gasteiger charge is 2.38. The topological polar surface area (TPSA) is 50.1 Å². The number of alkyl halides is 3. The summed E-state index contributed by atoms with van der Waals surface area (Å²) in [6.07, 6.45) is -4.70. The molecule has 0 radical (unpaired) electrons. The summed E-state index contributed by atoms with van der Waals surface area (Å²) in [5, 5.41) is 8.76. The SMILES string of the molecule is CCOc1cc(C(C)=O)cc(C#N)c1C(F)(F)F. The van der Waals surface area contributed by atoms with Gasteiger partial charge in [-0.15, -0.1) is 0 Å². The summed E-state index contributed by atoms with van der Waals surface area (Å²) in [7, 11) is 0. The molecule has 6 heteroatoms. The van der Waals surface area contributed by atoms with E-state index in [9.17, 15) is 18.0 Å². The summed E-state index contributed by atoms with van der Waals surface area (Å²) in [4.78, 5) is 11.2. The smallest absolute Gasteiger partial charge is 0.421 e. The van der Waals surface area contributed by atoms with E-state index < -0.39 is 28.8 Å². The summed E-state index contributed by atoms with van der Waals surface area (Å²) in [6.45, 7) is 2.74. The van der Waals surface area contributed by atoms with Gasteiger partial charge in [-0.1, -0.05) is 0 Å². The van der Waals surface area contributed by atoms with E-state index in [2.05, 4.69) is 0 Å². The molecule has 0 N–H and O–H groups in total. The Balaban J connectivity index is 3.58. The second kappa shape index (κ2) is 5.08. The van der Waals surface area contributed by atoms with Crippen molar-refractivity contribution in [2.75, 3.05) is 6.61 Å². The summed E-state index contributed by atoms with van der Waals surface area (Å²) in [5.41, 5.74) is -1.74. The number of ether oxygens (including phenoxy) is 1. The Morgan fingerprint density at radius 3 is 2.44 bits per heavy atom. The Kier molecular flexibility index (Phi) is 3.96. The fourth-order valence-electron chi connectivity index (χ4n) is 1.47. The highest BCUT2D eigenvalue weighted by Crippen LogP contribution is 2.39. The molecule has 18 heavy (non-hydrogen) atoms. The maximum atomic E-state index is 12.8. The third kappa shape index (κ3) is 2.80. The van der Waals surface area contributed by atoms with Crippen LogP contribution in [0.2, 0.25) is 0 Å². The third-order valence-corrected chi connectivity index (χ3v) is 2.21. The predicted molar refractivity (Wildman–Crippen MR) is 57.3 cm³/mol. The van der Waals surface area contributed by atoms with E-state index in [1.807, 2.05) is 0 Å². The van der Waals surface area contributed by atoms with E-state index >= 15 is 0 Å². The first-order chi connectivity index (χ1) is 8.31. The Bertz CT molecular complexity index is 515. The highest BCUT2D eigenvalue weighted by molar-refractivity contribution is 5.95. The van der Waals surface area contributed by atoms with Gasteiger partial charge in [0.05, 0.1) is 18.2 Å². The van der Waals surface area contributed by atoms with E-state index in [1.165, 1.54) is 19.9 Å². The molecule has 0 heterocycles. The number of halogens is 3. The number of nitrogens with zero attached hydrogens (tertiary/aromatic N) is 1. The molecule has 0 unspecified atom stereocenters. The minimum Gasteiger partial charge on any atom is -0.493 e. The van der Waals surface area contributed by atoms with E-state index in [4.69, 9.17) is 10.00 Å². The van der Waals surface area contributed by atoms with Gasteiger partial charge in [0.15, 0.2) is 5.78 Å². The molecule has 0 aliphatic carbocycles. The van der Waals surface area contributed by atoms with Crippen molar-refractivity contribution in [1.82, 2.24) is 0 Å². The Labute approximate surface area is 102 Å². The summed E-state index contributed by atoms with van der Waals surface area (Å²) in [5.74, 6) is -0.921. The standard InChI is InChI=1S/C12H10F3NO2/c1-3-18-10-5-8(7(2)17)4-9(6-16)11(10)12(13,14)15/h4-5H,3H2,1-2H3. The number of hydrogen-bond donors (Lipinski definition) is 0. The molecular formula is C12H10F3NO2. The van der Waals surface area contributed by atoms with Crippen LogP contribution >= 0.6 is 0 Å². The van der Waals surface area contributed by atoms with Gasteiger partial charge in [-0.3, -0.25) is 4.79 Å². The largest absolute Gasteiger partial charge is 0.493 e. The zero-order valence-corrected chi connectivity index (χ0v) is 9.76. The van der Waals surface area contributed by atoms with Gasteiger partial charge >= 0.3 is 6.18 Å². The Hall–Kier alpha value is -2.03. The van der Waals surface area contributed by atoms with Gasteiger partial charge in [0.25, 0.3) is 0 Å². The van der Waals surface area contributed by atoms with Crippen LogP contribution in [0.15, 0.2) is 12.1 Å². The number of carbonyl (C=O) groups excluding carboxylic acids is 1. The lowest BCUT2D eigenvalue weighted by Gasteiger charge is -2.15. The first-order valence-corrected chi connectivity index (χ1v) is 5.10. The lowest BCUT2D eigenvalue weighted by Crippen LogP contribution is -2.12. The van der Waals surface area contributed by atoms with Crippen LogP contribution in [0.3, 0.4) is 0 Å². The number of carbonyl (C=O) groups is 1. The highest BCUT2D eigenvalue weighted by atomic mass is 19.4. The van der Waals surface area contributed by atoms with Crippen LogP contribution in [0, 0.1) is 11.3 Å². The molecule has 0 aromatic heterocycles. The quantitative estimate of drug-likeness (QED) is 0.781. The molecule has 0 aliphatic rings. The van der Waals surface area contributed by atoms with Crippen LogP contribution in [-0.4, -0.2) is 12.4 Å². The van der Waals surface area contributed by atoms with Crippen molar-refractivity contribution < 1.29 is 22.7 Å². The van der Waals surface area contributed by atoms with Crippen LogP contribution in [0.5, 0.6) is 5.75 Å². The van der Waals surface area contributed by atoms with Crippen molar-refractivity contribution in [3.63, 3.8) is 0 Å². The second-order valence-electron chi connectivity index (χ2n) is 3.50. The number of ketones is 1. The molecule has 1 aromatic rings. The molecule has 3 nitrogen and oxygen atoms in total. The maximum Gasteiger partial charge on any atom is 0.421 e. The van der Waals surface area contributed by atoms with Gasteiger partial charge in [-0.05, 0) is 26.0 Å². The van der Waals surface area contributed by atoms with Crippen molar-refractivity contribution in [2.45, 2.75) is 20.0 Å². The predicted octanol–water partition coefficient (Wildman–Crippen LogP) is 3.18.